The van der Waals surface area contributed by atoms with Gasteiger partial charge in [-0.1, -0.05) is 0 Å². The van der Waals surface area contributed by atoms with Crippen LogP contribution in [0.15, 0.2) is 12.4 Å². The zero-order valence-corrected chi connectivity index (χ0v) is 10.0. The fourth-order valence-corrected chi connectivity index (χ4v) is 1.85. The molecule has 0 unspecified atom stereocenters. The molecule has 0 saturated carbocycles. The molecule has 7 heteroatoms. The van der Waals surface area contributed by atoms with Gasteiger partial charge in [0.1, 0.15) is 5.82 Å². The van der Waals surface area contributed by atoms with Gasteiger partial charge in [-0.15, -0.1) is 0 Å². The number of hydrogen-bond donors (Lipinski definition) is 1. The van der Waals surface area contributed by atoms with E-state index in [9.17, 15) is 9.59 Å². The van der Waals surface area contributed by atoms with E-state index in [4.69, 9.17) is 5.11 Å². The number of aromatic carboxylic acids is 1. The molecule has 0 spiro atoms. The summed E-state index contributed by atoms with van der Waals surface area (Å²) in [5.74, 6) is -0.374. The van der Waals surface area contributed by atoms with Crippen LogP contribution < -0.4 is 4.90 Å². The molecule has 1 aliphatic rings. The fraction of sp³-hybridized carbons (Fsp3) is 0.455. The minimum absolute atomic E-state index is 0.0684. The van der Waals surface area contributed by atoms with Crippen LogP contribution in [-0.4, -0.2) is 58.0 Å². The van der Waals surface area contributed by atoms with Crippen molar-refractivity contribution in [2.24, 2.45) is 0 Å². The van der Waals surface area contributed by atoms with Gasteiger partial charge < -0.3 is 14.9 Å². The monoisotopic (exact) mass is 250 g/mol. The second-order valence-corrected chi connectivity index (χ2v) is 4.06. The van der Waals surface area contributed by atoms with Crippen molar-refractivity contribution in [1.29, 1.82) is 0 Å². The molecule has 0 atom stereocenters. The Morgan fingerprint density at radius 3 is 2.28 bits per heavy atom. The first-order chi connectivity index (χ1) is 8.58. The standard InChI is InChI=1S/C11H14N4O3/c1-8(16)14-2-4-15(5-3-14)10-7-12-9(6-13-10)11(17)18/h6-7H,2-5H2,1H3,(H,17,18). The van der Waals surface area contributed by atoms with Crippen molar-refractivity contribution >= 4 is 17.7 Å². The van der Waals surface area contributed by atoms with E-state index < -0.39 is 5.97 Å². The highest BCUT2D eigenvalue weighted by molar-refractivity contribution is 5.84. The summed E-state index contributed by atoms with van der Waals surface area (Å²) in [5, 5.41) is 8.72. The lowest BCUT2D eigenvalue weighted by Gasteiger charge is -2.34. The van der Waals surface area contributed by atoms with Crippen molar-refractivity contribution < 1.29 is 14.7 Å². The van der Waals surface area contributed by atoms with E-state index in [0.29, 0.717) is 32.0 Å². The van der Waals surface area contributed by atoms with Crippen molar-refractivity contribution in [3.05, 3.63) is 18.1 Å². The summed E-state index contributed by atoms with van der Waals surface area (Å²) in [5.41, 5.74) is -0.0684. The Balaban J connectivity index is 2.01. The van der Waals surface area contributed by atoms with Gasteiger partial charge in [-0.2, -0.15) is 0 Å². The first-order valence-electron chi connectivity index (χ1n) is 5.63. The average molecular weight is 250 g/mol. The van der Waals surface area contributed by atoms with Crippen LogP contribution in [0.1, 0.15) is 17.4 Å². The molecule has 2 rings (SSSR count). The molecule has 1 saturated heterocycles. The van der Waals surface area contributed by atoms with Crippen LogP contribution in [0.5, 0.6) is 0 Å². The molecule has 1 aliphatic heterocycles. The normalized spacial score (nSPS) is 15.6. The van der Waals surface area contributed by atoms with E-state index in [0.717, 1.165) is 0 Å². The van der Waals surface area contributed by atoms with E-state index in [2.05, 4.69) is 9.97 Å². The summed E-state index contributed by atoms with van der Waals surface area (Å²) in [7, 11) is 0. The number of amides is 1. The third-order valence-corrected chi connectivity index (χ3v) is 2.91. The minimum Gasteiger partial charge on any atom is -0.476 e. The number of nitrogens with zero attached hydrogens (tertiary/aromatic N) is 4. The lowest BCUT2D eigenvalue weighted by Crippen LogP contribution is -2.48. The van der Waals surface area contributed by atoms with Gasteiger partial charge in [0.05, 0.1) is 12.4 Å². The molecule has 0 radical (unpaired) electrons. The first kappa shape index (κ1) is 12.3. The average Bonchev–Trinajstić information content (AvgIpc) is 2.39. The van der Waals surface area contributed by atoms with Crippen molar-refractivity contribution in [3.63, 3.8) is 0 Å². The molecule has 18 heavy (non-hydrogen) atoms. The van der Waals surface area contributed by atoms with Crippen LogP contribution in [0.25, 0.3) is 0 Å². The molecule has 1 amide bonds. The van der Waals surface area contributed by atoms with Crippen molar-refractivity contribution in [2.75, 3.05) is 31.1 Å². The highest BCUT2D eigenvalue weighted by atomic mass is 16.4. The Bertz CT molecular complexity index is 452. The van der Waals surface area contributed by atoms with Crippen LogP contribution in [0.2, 0.25) is 0 Å². The summed E-state index contributed by atoms with van der Waals surface area (Å²) in [6, 6.07) is 0. The molecule has 0 aliphatic carbocycles. The molecule has 2 heterocycles. The maximum absolute atomic E-state index is 11.2. The topological polar surface area (TPSA) is 86.6 Å². The maximum atomic E-state index is 11.2. The van der Waals surface area contributed by atoms with Gasteiger partial charge in [0.2, 0.25) is 5.91 Å². The van der Waals surface area contributed by atoms with Crippen molar-refractivity contribution in [1.82, 2.24) is 14.9 Å². The number of carboxylic acids is 1. The highest BCUT2D eigenvalue weighted by Gasteiger charge is 2.19. The van der Waals surface area contributed by atoms with Crippen molar-refractivity contribution in [3.8, 4) is 0 Å². The molecular weight excluding hydrogens is 236 g/mol. The molecule has 1 aromatic heterocycles. The van der Waals surface area contributed by atoms with Crippen LogP contribution >= 0.6 is 0 Å². The zero-order chi connectivity index (χ0) is 13.1. The molecule has 1 N–H and O–H groups in total. The van der Waals surface area contributed by atoms with Crippen LogP contribution in [0, 0.1) is 0 Å². The Morgan fingerprint density at radius 2 is 1.83 bits per heavy atom. The number of aromatic nitrogens is 2. The lowest BCUT2D eigenvalue weighted by molar-refractivity contribution is -0.129. The van der Waals surface area contributed by atoms with Gasteiger partial charge in [-0.3, -0.25) is 4.79 Å². The predicted molar refractivity (Wildman–Crippen MR) is 63.5 cm³/mol. The Kier molecular flexibility index (Phi) is 3.40. The molecule has 7 nitrogen and oxygen atoms in total. The van der Waals surface area contributed by atoms with E-state index in [1.807, 2.05) is 4.90 Å². The van der Waals surface area contributed by atoms with Gasteiger partial charge in [-0.25, -0.2) is 14.8 Å². The Morgan fingerprint density at radius 1 is 1.17 bits per heavy atom. The molecular formula is C11H14N4O3. The van der Waals surface area contributed by atoms with Gasteiger partial charge in [0.25, 0.3) is 0 Å². The molecule has 1 fully saturated rings. The number of carbonyl (C=O) groups is 2. The number of anilines is 1. The van der Waals surface area contributed by atoms with Gasteiger partial charge in [0, 0.05) is 33.1 Å². The van der Waals surface area contributed by atoms with Gasteiger partial charge in [-0.05, 0) is 0 Å². The van der Waals surface area contributed by atoms with Gasteiger partial charge >= 0.3 is 5.97 Å². The van der Waals surface area contributed by atoms with Gasteiger partial charge in [0.15, 0.2) is 5.69 Å². The zero-order valence-electron chi connectivity index (χ0n) is 10.0. The predicted octanol–water partition coefficient (Wildman–Crippen LogP) is -0.157. The Hall–Kier alpha value is -2.18. The largest absolute Gasteiger partial charge is 0.476 e. The van der Waals surface area contributed by atoms with Crippen LogP contribution in [0.4, 0.5) is 5.82 Å². The summed E-state index contributed by atoms with van der Waals surface area (Å²) in [6.07, 6.45) is 2.70. The number of carbonyl (C=O) groups excluding carboxylic acids is 1. The summed E-state index contributed by atoms with van der Waals surface area (Å²) >= 11 is 0. The summed E-state index contributed by atoms with van der Waals surface area (Å²) < 4.78 is 0. The molecule has 0 bridgehead atoms. The number of carboxylic acid groups (broad SMARTS) is 1. The van der Waals surface area contributed by atoms with E-state index in [-0.39, 0.29) is 11.6 Å². The third kappa shape index (κ3) is 2.55. The van der Waals surface area contributed by atoms with E-state index in [1.165, 1.54) is 12.4 Å². The number of hydrogen-bond acceptors (Lipinski definition) is 5. The smallest absolute Gasteiger partial charge is 0.356 e. The van der Waals surface area contributed by atoms with Crippen LogP contribution in [0.3, 0.4) is 0 Å². The summed E-state index contributed by atoms with van der Waals surface area (Å²) in [4.78, 5) is 33.5. The maximum Gasteiger partial charge on any atom is 0.356 e. The Labute approximate surface area is 104 Å². The fourth-order valence-electron chi connectivity index (χ4n) is 1.85. The number of piperazine rings is 1. The third-order valence-electron chi connectivity index (χ3n) is 2.91. The molecule has 0 aromatic carbocycles. The first-order valence-corrected chi connectivity index (χ1v) is 5.63. The second-order valence-electron chi connectivity index (χ2n) is 4.06. The lowest BCUT2D eigenvalue weighted by atomic mass is 10.3. The van der Waals surface area contributed by atoms with E-state index in [1.54, 1.807) is 11.8 Å². The number of rotatable bonds is 2. The molecule has 1 aromatic rings. The highest BCUT2D eigenvalue weighted by Crippen LogP contribution is 2.12. The quantitative estimate of drug-likeness (QED) is 0.785. The summed E-state index contributed by atoms with van der Waals surface area (Å²) in [6.45, 7) is 4.22. The second kappa shape index (κ2) is 4.99. The molecule has 96 valence electrons. The van der Waals surface area contributed by atoms with Crippen molar-refractivity contribution in [2.45, 2.75) is 6.92 Å². The minimum atomic E-state index is -1.09. The van der Waals surface area contributed by atoms with Crippen LogP contribution in [-0.2, 0) is 4.79 Å². The van der Waals surface area contributed by atoms with E-state index >= 15 is 0 Å². The SMILES string of the molecule is CC(=O)N1CCN(c2cnc(C(=O)O)cn2)CC1.